The first kappa shape index (κ1) is 23.3. The Labute approximate surface area is 207 Å². The maximum Gasteiger partial charge on any atom is 0.139 e. The van der Waals surface area contributed by atoms with Crippen LogP contribution in [0.25, 0.3) is 0 Å². The smallest absolute Gasteiger partial charge is 0.139 e. The van der Waals surface area contributed by atoms with E-state index < -0.39 is 8.07 Å². The molecule has 1 aliphatic heterocycles. The molecule has 1 N–H and O–H groups in total. The number of ether oxygens (including phenoxy) is 1. The molecule has 1 fully saturated rings. The van der Waals surface area contributed by atoms with Gasteiger partial charge in [-0.25, -0.2) is 9.67 Å². The highest BCUT2D eigenvalue weighted by Crippen LogP contribution is 2.59. The van der Waals surface area contributed by atoms with Gasteiger partial charge in [0.05, 0.1) is 17.1 Å². The van der Waals surface area contributed by atoms with Crippen LogP contribution in [0.5, 0.6) is 0 Å². The number of anilines is 1. The summed E-state index contributed by atoms with van der Waals surface area (Å²) in [4.78, 5) is 5.21. The van der Waals surface area contributed by atoms with Gasteiger partial charge in [0.2, 0.25) is 0 Å². The van der Waals surface area contributed by atoms with Crippen molar-refractivity contribution in [2.45, 2.75) is 78.4 Å². The molecule has 0 spiro atoms. The maximum absolute atomic E-state index is 6.16. The highest BCUT2D eigenvalue weighted by atomic mass is 79.9. The van der Waals surface area contributed by atoms with E-state index in [1.165, 1.54) is 29.3 Å². The lowest BCUT2D eigenvalue weighted by atomic mass is 9.86. The summed E-state index contributed by atoms with van der Waals surface area (Å²) in [6, 6.07) is 5.47. The third-order valence-electron chi connectivity index (χ3n) is 7.64. The molecule has 0 bridgehead atoms. The number of aromatic nitrogens is 2. The highest BCUT2D eigenvalue weighted by Gasteiger charge is 2.54. The summed E-state index contributed by atoms with van der Waals surface area (Å²) >= 11 is 3.66. The Morgan fingerprint density at radius 2 is 2.12 bits per heavy atom. The quantitative estimate of drug-likeness (QED) is 0.334. The minimum Gasteiger partial charge on any atom is -0.383 e. The van der Waals surface area contributed by atoms with Crippen molar-refractivity contribution in [3.05, 3.63) is 39.1 Å². The van der Waals surface area contributed by atoms with Crippen molar-refractivity contribution in [3.8, 4) is 0 Å². The lowest BCUT2D eigenvalue weighted by molar-refractivity contribution is 0.0755. The number of halogens is 1. The second-order valence-electron chi connectivity index (χ2n) is 11.8. The molecule has 2 aromatic rings. The van der Waals surface area contributed by atoms with Gasteiger partial charge in [0, 0.05) is 37.0 Å². The molecule has 33 heavy (non-hydrogen) atoms. The van der Waals surface area contributed by atoms with Crippen LogP contribution in [-0.4, -0.2) is 36.7 Å². The van der Waals surface area contributed by atoms with Crippen molar-refractivity contribution in [2.75, 3.05) is 18.5 Å². The molecular weight excluding hydrogens is 492 g/mol. The number of hydrogen-bond acceptors (Lipinski definition) is 4. The van der Waals surface area contributed by atoms with Crippen LogP contribution in [0.1, 0.15) is 48.7 Å². The Morgan fingerprint density at radius 3 is 2.91 bits per heavy atom. The van der Waals surface area contributed by atoms with Crippen molar-refractivity contribution in [1.82, 2.24) is 9.78 Å². The zero-order valence-electron chi connectivity index (χ0n) is 20.7. The van der Waals surface area contributed by atoms with Crippen molar-refractivity contribution in [2.24, 2.45) is 16.3 Å². The molecule has 2 atom stereocenters. The standard InChI is InChI=1S/C26H37BrN4OSi/c1-17-11-19(27)13-22-24(17)28-8-6-7-21(29-22)25-20-12-18-14-26(18,2)15-23(20)31(30-25)16-32-9-10-33(3,4)5/h11,13,18,28H,6-10,12,14-16H2,1-5H3/t18-,26-/m1/s1. The Hall–Kier alpha value is -1.44. The highest BCUT2D eigenvalue weighted by molar-refractivity contribution is 9.10. The van der Waals surface area contributed by atoms with Gasteiger partial charge in [-0.2, -0.15) is 5.10 Å². The minimum atomic E-state index is -1.10. The van der Waals surface area contributed by atoms with E-state index in [9.17, 15) is 0 Å². The summed E-state index contributed by atoms with van der Waals surface area (Å²) in [7, 11) is -1.10. The Balaban J connectivity index is 1.50. The summed E-state index contributed by atoms with van der Waals surface area (Å²) < 4.78 is 9.39. The third-order valence-corrected chi connectivity index (χ3v) is 9.80. The molecule has 3 aliphatic rings. The molecule has 0 unspecified atom stereocenters. The fourth-order valence-electron chi connectivity index (χ4n) is 5.37. The van der Waals surface area contributed by atoms with Gasteiger partial charge in [-0.3, -0.25) is 0 Å². The average Bonchev–Trinajstić information content (AvgIpc) is 3.26. The van der Waals surface area contributed by atoms with Crippen molar-refractivity contribution >= 4 is 41.1 Å². The molecule has 7 heteroatoms. The van der Waals surface area contributed by atoms with Gasteiger partial charge >= 0.3 is 0 Å². The number of nitrogens with one attached hydrogen (secondary N) is 1. The molecule has 1 aromatic carbocycles. The van der Waals surface area contributed by atoms with E-state index in [2.05, 4.69) is 71.5 Å². The normalized spacial score (nSPS) is 24.1. The van der Waals surface area contributed by atoms with Gasteiger partial charge in [0.25, 0.3) is 0 Å². The van der Waals surface area contributed by atoms with Crippen molar-refractivity contribution < 1.29 is 4.74 Å². The van der Waals surface area contributed by atoms with Crippen LogP contribution in [0, 0.1) is 18.3 Å². The van der Waals surface area contributed by atoms with Crippen LogP contribution in [0.4, 0.5) is 11.4 Å². The van der Waals surface area contributed by atoms with Crippen molar-refractivity contribution in [1.29, 1.82) is 0 Å². The van der Waals surface area contributed by atoms with Gasteiger partial charge in [0.1, 0.15) is 12.4 Å². The number of aryl methyl sites for hydroxylation is 1. The molecule has 1 saturated carbocycles. The van der Waals surface area contributed by atoms with Crippen molar-refractivity contribution in [3.63, 3.8) is 0 Å². The molecular formula is C26H37BrN4OSi. The summed E-state index contributed by atoms with van der Waals surface area (Å²) in [5, 5.41) is 8.76. The van der Waals surface area contributed by atoms with Gasteiger partial charge in [-0.1, -0.05) is 42.5 Å². The molecule has 1 aromatic heterocycles. The fraction of sp³-hybridized carbons (Fsp3) is 0.615. The zero-order valence-corrected chi connectivity index (χ0v) is 23.3. The SMILES string of the molecule is Cc1cc(Br)cc2c1NCCCC(c1nn(COCC[Si](C)(C)C)c3c1C[C@@H]1C[C@]1(C)C3)=N2. The molecule has 5 rings (SSSR count). The summed E-state index contributed by atoms with van der Waals surface area (Å²) in [5.74, 6) is 0.800. The van der Waals surface area contributed by atoms with Crippen LogP contribution in [0.3, 0.4) is 0 Å². The Bertz CT molecular complexity index is 1100. The van der Waals surface area contributed by atoms with Crippen LogP contribution < -0.4 is 5.32 Å². The van der Waals surface area contributed by atoms with E-state index in [1.807, 2.05) is 0 Å². The molecule has 0 amide bonds. The summed E-state index contributed by atoms with van der Waals surface area (Å²) in [6.07, 6.45) is 5.59. The van der Waals surface area contributed by atoms with Crippen LogP contribution in [-0.2, 0) is 24.3 Å². The molecule has 5 nitrogen and oxygen atoms in total. The molecule has 2 heterocycles. The molecule has 0 radical (unpaired) electrons. The first-order valence-electron chi connectivity index (χ1n) is 12.4. The van der Waals surface area contributed by atoms with E-state index >= 15 is 0 Å². The largest absolute Gasteiger partial charge is 0.383 e. The number of hydrogen-bond donors (Lipinski definition) is 1. The third kappa shape index (κ3) is 4.87. The van der Waals surface area contributed by atoms with E-state index in [-0.39, 0.29) is 0 Å². The second-order valence-corrected chi connectivity index (χ2v) is 18.3. The average molecular weight is 530 g/mol. The first-order chi connectivity index (χ1) is 15.6. The zero-order chi connectivity index (χ0) is 23.4. The van der Waals surface area contributed by atoms with E-state index in [0.29, 0.717) is 12.1 Å². The topological polar surface area (TPSA) is 51.4 Å². The first-order valence-corrected chi connectivity index (χ1v) is 16.9. The Morgan fingerprint density at radius 1 is 1.30 bits per heavy atom. The summed E-state index contributed by atoms with van der Waals surface area (Å²) in [5.41, 5.74) is 8.93. The van der Waals surface area contributed by atoms with Gasteiger partial charge in [-0.15, -0.1) is 0 Å². The predicted molar refractivity (Wildman–Crippen MR) is 143 cm³/mol. The predicted octanol–water partition coefficient (Wildman–Crippen LogP) is 6.72. The van der Waals surface area contributed by atoms with Crippen LogP contribution >= 0.6 is 15.9 Å². The number of nitrogens with zero attached hydrogens (tertiary/aromatic N) is 3. The monoisotopic (exact) mass is 528 g/mol. The minimum absolute atomic E-state index is 0.460. The number of rotatable bonds is 6. The van der Waals surface area contributed by atoms with Gasteiger partial charge in [-0.05, 0) is 74.1 Å². The van der Waals surface area contributed by atoms with E-state index in [1.54, 1.807) is 0 Å². The number of fused-ring (bicyclic) bond motifs is 3. The van der Waals surface area contributed by atoms with E-state index in [4.69, 9.17) is 14.8 Å². The fourth-order valence-corrected chi connectivity index (χ4v) is 6.68. The van der Waals surface area contributed by atoms with Crippen LogP contribution in [0.2, 0.25) is 25.7 Å². The number of aliphatic imine (C=N–C) groups is 1. The molecule has 0 saturated heterocycles. The van der Waals surface area contributed by atoms with E-state index in [0.717, 1.165) is 72.0 Å². The summed E-state index contributed by atoms with van der Waals surface area (Å²) in [6.45, 7) is 14.1. The lowest BCUT2D eigenvalue weighted by Gasteiger charge is -2.21. The van der Waals surface area contributed by atoms with Gasteiger partial charge in [0.15, 0.2) is 0 Å². The van der Waals surface area contributed by atoms with Crippen LogP contribution in [0.15, 0.2) is 21.6 Å². The second kappa shape index (κ2) is 8.65. The molecule has 2 aliphatic carbocycles. The number of benzene rings is 1. The van der Waals surface area contributed by atoms with Gasteiger partial charge < -0.3 is 10.1 Å². The molecule has 178 valence electrons. The Kier molecular flexibility index (Phi) is 6.11. The maximum atomic E-state index is 6.16. The lowest BCUT2D eigenvalue weighted by Crippen LogP contribution is -2.23.